The molecule has 1 unspecified atom stereocenters. The summed E-state index contributed by atoms with van der Waals surface area (Å²) in [7, 11) is 0. The summed E-state index contributed by atoms with van der Waals surface area (Å²) < 4.78 is 10.8. The lowest BCUT2D eigenvalue weighted by Crippen LogP contribution is -2.06. The van der Waals surface area contributed by atoms with Gasteiger partial charge in [0.15, 0.2) is 0 Å². The molecule has 1 aromatic carbocycles. The van der Waals surface area contributed by atoms with E-state index in [4.69, 9.17) is 9.26 Å². The third-order valence-electron chi connectivity index (χ3n) is 3.30. The summed E-state index contributed by atoms with van der Waals surface area (Å²) in [6.07, 6.45) is 4.28. The summed E-state index contributed by atoms with van der Waals surface area (Å²) >= 11 is 0. The van der Waals surface area contributed by atoms with Crippen molar-refractivity contribution in [2.24, 2.45) is 0 Å². The minimum absolute atomic E-state index is 0.228. The Kier molecular flexibility index (Phi) is 3.46. The standard InChI is InChI=1S/C14H16N2O3/c17-11-5-3-10(4-6-11)14-15-13(19-16-14)8-7-12-2-1-9-18-12/h3-6,12,17H,1-2,7-9H2. The lowest BCUT2D eigenvalue weighted by molar-refractivity contribution is 0.102. The van der Waals surface area contributed by atoms with E-state index in [9.17, 15) is 5.11 Å². The van der Waals surface area contributed by atoms with Gasteiger partial charge in [-0.3, -0.25) is 0 Å². The molecule has 5 nitrogen and oxygen atoms in total. The van der Waals surface area contributed by atoms with Crippen LogP contribution in [0.1, 0.15) is 25.2 Å². The molecule has 1 aliphatic rings. The van der Waals surface area contributed by atoms with E-state index >= 15 is 0 Å². The van der Waals surface area contributed by atoms with Crippen molar-refractivity contribution in [3.05, 3.63) is 30.2 Å². The van der Waals surface area contributed by atoms with Crippen molar-refractivity contribution in [3.8, 4) is 17.1 Å². The Labute approximate surface area is 111 Å². The van der Waals surface area contributed by atoms with Crippen LogP contribution in [-0.2, 0) is 11.2 Å². The van der Waals surface area contributed by atoms with E-state index in [0.29, 0.717) is 17.8 Å². The zero-order chi connectivity index (χ0) is 13.1. The van der Waals surface area contributed by atoms with Crippen molar-refractivity contribution in [2.75, 3.05) is 6.61 Å². The first-order valence-electron chi connectivity index (χ1n) is 6.55. The second-order valence-corrected chi connectivity index (χ2v) is 4.73. The molecule has 1 N–H and O–H groups in total. The van der Waals surface area contributed by atoms with Gasteiger partial charge in [0.05, 0.1) is 6.10 Å². The van der Waals surface area contributed by atoms with E-state index < -0.39 is 0 Å². The van der Waals surface area contributed by atoms with Crippen LogP contribution in [0.2, 0.25) is 0 Å². The molecule has 1 aliphatic heterocycles. The Hall–Kier alpha value is -1.88. The van der Waals surface area contributed by atoms with Gasteiger partial charge in [-0.1, -0.05) is 5.16 Å². The van der Waals surface area contributed by atoms with Crippen LogP contribution >= 0.6 is 0 Å². The largest absolute Gasteiger partial charge is 0.508 e. The molecule has 3 rings (SSSR count). The molecule has 2 aromatic rings. The Morgan fingerprint density at radius 3 is 2.84 bits per heavy atom. The molecule has 0 radical (unpaired) electrons. The van der Waals surface area contributed by atoms with Gasteiger partial charge in [-0.15, -0.1) is 0 Å². The topological polar surface area (TPSA) is 68.4 Å². The van der Waals surface area contributed by atoms with E-state index in [1.54, 1.807) is 24.3 Å². The van der Waals surface area contributed by atoms with Crippen LogP contribution in [0.25, 0.3) is 11.4 Å². The van der Waals surface area contributed by atoms with Crippen LogP contribution in [0.3, 0.4) is 0 Å². The minimum atomic E-state index is 0.228. The average molecular weight is 260 g/mol. The lowest BCUT2D eigenvalue weighted by atomic mass is 10.1. The normalized spacial score (nSPS) is 18.8. The van der Waals surface area contributed by atoms with Gasteiger partial charge in [0.1, 0.15) is 5.75 Å². The first kappa shape index (κ1) is 12.2. The maximum absolute atomic E-state index is 9.24. The summed E-state index contributed by atoms with van der Waals surface area (Å²) in [5.74, 6) is 1.42. The fraction of sp³-hybridized carbons (Fsp3) is 0.429. The molecule has 0 saturated carbocycles. The lowest BCUT2D eigenvalue weighted by Gasteiger charge is -2.05. The van der Waals surface area contributed by atoms with Gasteiger partial charge >= 0.3 is 0 Å². The molecular formula is C14H16N2O3. The zero-order valence-electron chi connectivity index (χ0n) is 10.6. The molecule has 0 amide bonds. The second kappa shape index (κ2) is 5.40. The van der Waals surface area contributed by atoms with Crippen LogP contribution in [-0.4, -0.2) is 28.0 Å². The average Bonchev–Trinajstić information content (AvgIpc) is 3.09. The highest BCUT2D eigenvalue weighted by Crippen LogP contribution is 2.21. The molecule has 19 heavy (non-hydrogen) atoms. The third kappa shape index (κ3) is 2.93. The predicted molar refractivity (Wildman–Crippen MR) is 68.7 cm³/mol. The number of phenolic OH excluding ortho intramolecular Hbond substituents is 1. The number of ether oxygens (including phenoxy) is 1. The Morgan fingerprint density at radius 1 is 1.26 bits per heavy atom. The maximum atomic E-state index is 9.24. The number of nitrogens with zero attached hydrogens (tertiary/aromatic N) is 2. The minimum Gasteiger partial charge on any atom is -0.508 e. The first-order valence-corrected chi connectivity index (χ1v) is 6.55. The van der Waals surface area contributed by atoms with Crippen molar-refractivity contribution in [3.63, 3.8) is 0 Å². The molecule has 1 saturated heterocycles. The molecule has 0 bridgehead atoms. The maximum Gasteiger partial charge on any atom is 0.227 e. The van der Waals surface area contributed by atoms with Crippen molar-refractivity contribution in [1.29, 1.82) is 0 Å². The zero-order valence-corrected chi connectivity index (χ0v) is 10.6. The molecule has 1 fully saturated rings. The van der Waals surface area contributed by atoms with E-state index in [2.05, 4.69) is 10.1 Å². The number of benzene rings is 1. The molecule has 0 spiro atoms. The fourth-order valence-electron chi connectivity index (χ4n) is 2.24. The monoisotopic (exact) mass is 260 g/mol. The van der Waals surface area contributed by atoms with Gasteiger partial charge in [-0.05, 0) is 43.5 Å². The van der Waals surface area contributed by atoms with Crippen LogP contribution < -0.4 is 0 Å². The Morgan fingerprint density at radius 2 is 2.11 bits per heavy atom. The van der Waals surface area contributed by atoms with Crippen LogP contribution in [0, 0.1) is 0 Å². The van der Waals surface area contributed by atoms with Crippen molar-refractivity contribution < 1.29 is 14.4 Å². The first-order chi connectivity index (χ1) is 9.31. The molecule has 1 atom stereocenters. The number of aryl methyl sites for hydroxylation is 1. The van der Waals surface area contributed by atoms with Gasteiger partial charge in [0.25, 0.3) is 0 Å². The number of aromatic hydroxyl groups is 1. The van der Waals surface area contributed by atoms with Crippen LogP contribution in [0.15, 0.2) is 28.8 Å². The van der Waals surface area contributed by atoms with Gasteiger partial charge in [-0.2, -0.15) is 4.98 Å². The van der Waals surface area contributed by atoms with Gasteiger partial charge in [-0.25, -0.2) is 0 Å². The summed E-state index contributed by atoms with van der Waals surface area (Å²) in [4.78, 5) is 4.36. The summed E-state index contributed by atoms with van der Waals surface area (Å²) in [6.45, 7) is 0.868. The van der Waals surface area contributed by atoms with Gasteiger partial charge in [0, 0.05) is 18.6 Å². The van der Waals surface area contributed by atoms with E-state index in [1.807, 2.05) is 0 Å². The highest BCUT2D eigenvalue weighted by Gasteiger charge is 2.17. The molecular weight excluding hydrogens is 244 g/mol. The quantitative estimate of drug-likeness (QED) is 0.915. The highest BCUT2D eigenvalue weighted by molar-refractivity contribution is 5.55. The Balaban J connectivity index is 1.63. The number of rotatable bonds is 4. The number of hydrogen-bond acceptors (Lipinski definition) is 5. The number of hydrogen-bond donors (Lipinski definition) is 1. The number of aromatic nitrogens is 2. The van der Waals surface area contributed by atoms with E-state index in [-0.39, 0.29) is 5.75 Å². The SMILES string of the molecule is Oc1ccc(-c2noc(CCC3CCCO3)n2)cc1. The third-order valence-corrected chi connectivity index (χ3v) is 3.30. The highest BCUT2D eigenvalue weighted by atomic mass is 16.5. The van der Waals surface area contributed by atoms with Gasteiger partial charge < -0.3 is 14.4 Å². The van der Waals surface area contributed by atoms with Crippen molar-refractivity contribution >= 4 is 0 Å². The van der Waals surface area contributed by atoms with Crippen LogP contribution in [0.4, 0.5) is 0 Å². The predicted octanol–water partition coefficient (Wildman–Crippen LogP) is 2.55. The fourth-order valence-corrected chi connectivity index (χ4v) is 2.24. The molecule has 0 aliphatic carbocycles. The van der Waals surface area contributed by atoms with E-state index in [0.717, 1.165) is 37.9 Å². The summed E-state index contributed by atoms with van der Waals surface area (Å²) in [6, 6.07) is 6.75. The molecule has 5 heteroatoms. The number of phenols is 1. The summed E-state index contributed by atoms with van der Waals surface area (Å²) in [5, 5.41) is 13.2. The van der Waals surface area contributed by atoms with Crippen molar-refractivity contribution in [1.82, 2.24) is 10.1 Å². The second-order valence-electron chi connectivity index (χ2n) is 4.73. The van der Waals surface area contributed by atoms with Crippen molar-refractivity contribution in [2.45, 2.75) is 31.8 Å². The summed E-state index contributed by atoms with van der Waals surface area (Å²) in [5.41, 5.74) is 0.838. The molecule has 2 heterocycles. The smallest absolute Gasteiger partial charge is 0.227 e. The van der Waals surface area contributed by atoms with Gasteiger partial charge in [0.2, 0.25) is 11.7 Å². The molecule has 100 valence electrons. The van der Waals surface area contributed by atoms with Crippen LogP contribution in [0.5, 0.6) is 5.75 Å². The Bertz CT molecular complexity index is 530. The van der Waals surface area contributed by atoms with E-state index in [1.165, 1.54) is 0 Å². The molecule has 1 aromatic heterocycles.